The van der Waals surface area contributed by atoms with Crippen molar-refractivity contribution in [3.05, 3.63) is 29.8 Å². The molecule has 0 aliphatic carbocycles. The Morgan fingerprint density at radius 3 is 2.30 bits per heavy atom. The van der Waals surface area contributed by atoms with Gasteiger partial charge in [0.05, 0.1) is 18.5 Å². The molecule has 4 unspecified atom stereocenters. The standard InChI is InChI=1S/C18H26N4O3S.HI/c1-19-18(22-10-14-15(11-22)17-8-7-16(14)25-17)20-9-12-3-5-13(6-4-12)21-26(2,23)24;/h3-6,14-17,21H,7-11H2,1-2H3,(H,19,20);1H. The smallest absolute Gasteiger partial charge is 0.229 e. The summed E-state index contributed by atoms with van der Waals surface area (Å²) in [4.78, 5) is 6.80. The van der Waals surface area contributed by atoms with E-state index in [9.17, 15) is 8.42 Å². The third-order valence-electron chi connectivity index (χ3n) is 5.67. The van der Waals surface area contributed by atoms with E-state index in [1.807, 2.05) is 19.2 Å². The second-order valence-corrected chi connectivity index (χ2v) is 9.24. The van der Waals surface area contributed by atoms with Crippen LogP contribution < -0.4 is 10.0 Å². The highest BCUT2D eigenvalue weighted by Gasteiger charge is 2.53. The number of nitrogens with zero attached hydrogens (tertiary/aromatic N) is 2. The number of anilines is 1. The minimum atomic E-state index is -3.24. The molecule has 0 saturated carbocycles. The van der Waals surface area contributed by atoms with Gasteiger partial charge in [0.2, 0.25) is 10.0 Å². The molecule has 1 aromatic carbocycles. The Morgan fingerprint density at radius 1 is 1.19 bits per heavy atom. The fourth-order valence-electron chi connectivity index (χ4n) is 4.55. The molecule has 7 nitrogen and oxygen atoms in total. The number of guanidine groups is 1. The van der Waals surface area contributed by atoms with Crippen LogP contribution in [0.5, 0.6) is 0 Å². The molecule has 4 rings (SSSR count). The highest BCUT2D eigenvalue weighted by atomic mass is 127. The van der Waals surface area contributed by atoms with Crippen LogP contribution in [0.4, 0.5) is 5.69 Å². The summed E-state index contributed by atoms with van der Waals surface area (Å²) in [6.45, 7) is 2.69. The molecule has 0 spiro atoms. The van der Waals surface area contributed by atoms with E-state index >= 15 is 0 Å². The van der Waals surface area contributed by atoms with Gasteiger partial charge in [0, 0.05) is 44.2 Å². The second-order valence-electron chi connectivity index (χ2n) is 7.49. The molecule has 3 saturated heterocycles. The Morgan fingerprint density at radius 2 is 1.78 bits per heavy atom. The Balaban J connectivity index is 0.00000210. The van der Waals surface area contributed by atoms with Gasteiger partial charge >= 0.3 is 0 Å². The molecule has 0 aromatic heterocycles. The monoisotopic (exact) mass is 506 g/mol. The summed E-state index contributed by atoms with van der Waals surface area (Å²) >= 11 is 0. The van der Waals surface area contributed by atoms with Gasteiger partial charge < -0.3 is 15.0 Å². The fraction of sp³-hybridized carbons (Fsp3) is 0.611. The van der Waals surface area contributed by atoms with Crippen molar-refractivity contribution in [2.45, 2.75) is 31.6 Å². The molecule has 1 aromatic rings. The van der Waals surface area contributed by atoms with E-state index in [0.717, 1.165) is 30.9 Å². The van der Waals surface area contributed by atoms with Gasteiger partial charge in [0.15, 0.2) is 5.96 Å². The van der Waals surface area contributed by atoms with E-state index in [1.165, 1.54) is 12.8 Å². The molecule has 0 radical (unpaired) electrons. The number of aliphatic imine (C=N–C) groups is 1. The third-order valence-corrected chi connectivity index (χ3v) is 6.28. The van der Waals surface area contributed by atoms with Crippen molar-refractivity contribution in [1.82, 2.24) is 10.2 Å². The van der Waals surface area contributed by atoms with Gasteiger partial charge in [-0.2, -0.15) is 0 Å². The molecular formula is C18H27IN4O3S. The van der Waals surface area contributed by atoms with Crippen molar-refractivity contribution in [2.75, 3.05) is 31.1 Å². The Kier molecular flexibility index (Phi) is 6.21. The van der Waals surface area contributed by atoms with Crippen LogP contribution in [-0.2, 0) is 21.3 Å². The predicted molar refractivity (Wildman–Crippen MR) is 117 cm³/mol. The van der Waals surface area contributed by atoms with Gasteiger partial charge in [-0.1, -0.05) is 12.1 Å². The first-order valence-corrected chi connectivity index (χ1v) is 11.0. The van der Waals surface area contributed by atoms with Gasteiger partial charge in [-0.15, -0.1) is 24.0 Å². The number of halogens is 1. The van der Waals surface area contributed by atoms with E-state index in [-0.39, 0.29) is 24.0 Å². The molecule has 3 aliphatic rings. The van der Waals surface area contributed by atoms with Crippen molar-refractivity contribution in [1.29, 1.82) is 0 Å². The number of ether oxygens (including phenoxy) is 1. The highest BCUT2D eigenvalue weighted by molar-refractivity contribution is 14.0. The van der Waals surface area contributed by atoms with E-state index in [1.54, 1.807) is 12.1 Å². The Hall–Kier alpha value is -1.07. The van der Waals surface area contributed by atoms with E-state index < -0.39 is 10.0 Å². The molecule has 3 heterocycles. The third kappa shape index (κ3) is 4.51. The van der Waals surface area contributed by atoms with Crippen LogP contribution in [-0.4, -0.2) is 57.9 Å². The summed E-state index contributed by atoms with van der Waals surface area (Å²) in [6, 6.07) is 7.38. The van der Waals surface area contributed by atoms with Crippen molar-refractivity contribution in [2.24, 2.45) is 16.8 Å². The lowest BCUT2D eigenvalue weighted by Gasteiger charge is -2.23. The molecule has 2 N–H and O–H groups in total. The van der Waals surface area contributed by atoms with Gasteiger partial charge in [0.25, 0.3) is 0 Å². The molecule has 27 heavy (non-hydrogen) atoms. The Labute approximate surface area is 178 Å². The molecule has 2 bridgehead atoms. The molecule has 0 amide bonds. The molecule has 4 atom stereocenters. The van der Waals surface area contributed by atoms with Crippen LogP contribution in [0.25, 0.3) is 0 Å². The van der Waals surface area contributed by atoms with Crippen LogP contribution in [0.2, 0.25) is 0 Å². The summed E-state index contributed by atoms with van der Waals surface area (Å²) < 4.78 is 31.0. The lowest BCUT2D eigenvalue weighted by molar-refractivity contribution is 0.0767. The lowest BCUT2D eigenvalue weighted by Crippen LogP contribution is -2.40. The van der Waals surface area contributed by atoms with Crippen LogP contribution in [0, 0.1) is 11.8 Å². The van der Waals surface area contributed by atoms with Crippen molar-refractivity contribution in [3.63, 3.8) is 0 Å². The lowest BCUT2D eigenvalue weighted by atomic mass is 9.82. The topological polar surface area (TPSA) is 83.0 Å². The van der Waals surface area contributed by atoms with Crippen LogP contribution >= 0.6 is 24.0 Å². The number of rotatable bonds is 4. The maximum absolute atomic E-state index is 11.3. The van der Waals surface area contributed by atoms with Crippen LogP contribution in [0.15, 0.2) is 29.3 Å². The minimum Gasteiger partial charge on any atom is -0.374 e. The van der Waals surface area contributed by atoms with Crippen LogP contribution in [0.1, 0.15) is 18.4 Å². The molecule has 150 valence electrons. The molecule has 9 heteroatoms. The summed E-state index contributed by atoms with van der Waals surface area (Å²) in [7, 11) is -1.42. The normalized spacial score (nSPS) is 29.4. The van der Waals surface area contributed by atoms with Gasteiger partial charge in [0.1, 0.15) is 0 Å². The van der Waals surface area contributed by atoms with Gasteiger partial charge in [-0.3, -0.25) is 9.71 Å². The zero-order valence-electron chi connectivity index (χ0n) is 15.6. The summed E-state index contributed by atoms with van der Waals surface area (Å²) in [5, 5.41) is 3.43. The fourth-order valence-corrected chi connectivity index (χ4v) is 5.12. The number of nitrogens with one attached hydrogen (secondary N) is 2. The first kappa shape index (κ1) is 20.7. The molecule has 3 fully saturated rings. The van der Waals surface area contributed by atoms with Crippen molar-refractivity contribution in [3.8, 4) is 0 Å². The maximum Gasteiger partial charge on any atom is 0.229 e. The molecule has 3 aliphatic heterocycles. The quantitative estimate of drug-likeness (QED) is 0.370. The SMILES string of the molecule is CN=C(NCc1ccc(NS(C)(=O)=O)cc1)N1CC2C3CCC(O3)C2C1.I. The molecular weight excluding hydrogens is 479 g/mol. The second kappa shape index (κ2) is 8.12. The summed E-state index contributed by atoms with van der Waals surface area (Å²) in [5.74, 6) is 2.22. The largest absolute Gasteiger partial charge is 0.374 e. The number of fused-ring (bicyclic) bond motifs is 5. The van der Waals surface area contributed by atoms with E-state index in [0.29, 0.717) is 36.3 Å². The van der Waals surface area contributed by atoms with Gasteiger partial charge in [-0.25, -0.2) is 8.42 Å². The highest BCUT2D eigenvalue weighted by Crippen LogP contribution is 2.47. The van der Waals surface area contributed by atoms with Crippen LogP contribution in [0.3, 0.4) is 0 Å². The number of likely N-dealkylation sites (tertiary alicyclic amines) is 1. The Bertz CT molecular complexity index is 781. The zero-order valence-corrected chi connectivity index (χ0v) is 18.7. The summed E-state index contributed by atoms with van der Waals surface area (Å²) in [6.07, 6.45) is 4.46. The average molecular weight is 506 g/mol. The number of benzene rings is 1. The average Bonchev–Trinajstić information content (AvgIpc) is 3.28. The van der Waals surface area contributed by atoms with E-state index in [4.69, 9.17) is 4.74 Å². The zero-order chi connectivity index (χ0) is 18.3. The first-order chi connectivity index (χ1) is 12.4. The number of hydrogen-bond acceptors (Lipinski definition) is 4. The minimum absolute atomic E-state index is 0. The van der Waals surface area contributed by atoms with Crippen molar-refractivity contribution >= 4 is 45.6 Å². The van der Waals surface area contributed by atoms with Crippen molar-refractivity contribution < 1.29 is 13.2 Å². The number of sulfonamides is 1. The van der Waals surface area contributed by atoms with Gasteiger partial charge in [-0.05, 0) is 30.5 Å². The predicted octanol–water partition coefficient (Wildman–Crippen LogP) is 1.86. The maximum atomic E-state index is 11.3. The summed E-state index contributed by atoms with van der Waals surface area (Å²) in [5.41, 5.74) is 1.65. The number of hydrogen-bond donors (Lipinski definition) is 2. The van der Waals surface area contributed by atoms with E-state index in [2.05, 4.69) is 19.9 Å². The first-order valence-electron chi connectivity index (χ1n) is 9.11.